The van der Waals surface area contributed by atoms with E-state index >= 15 is 0 Å². The molecule has 3 aromatic rings. The minimum Gasteiger partial charge on any atom is -0.307 e. The summed E-state index contributed by atoms with van der Waals surface area (Å²) in [6.07, 6.45) is -3.19. The SMILES string of the molecule is CC(=N)C(=Cc1nc(-c2ccc(F)cc2F)cc(=O)[nH]1)c1ccc(C(F)(F)F)cc1. The fraction of sp³-hybridized carbons (Fsp3) is 0.0952. The van der Waals surface area contributed by atoms with Crippen molar-refractivity contribution in [1.82, 2.24) is 9.97 Å². The molecule has 0 amide bonds. The van der Waals surface area contributed by atoms with Gasteiger partial charge in [-0.05, 0) is 42.8 Å². The van der Waals surface area contributed by atoms with Crippen LogP contribution in [0.4, 0.5) is 22.0 Å². The van der Waals surface area contributed by atoms with Crippen LogP contribution in [-0.4, -0.2) is 15.7 Å². The fourth-order valence-electron chi connectivity index (χ4n) is 2.76. The van der Waals surface area contributed by atoms with E-state index < -0.39 is 28.9 Å². The van der Waals surface area contributed by atoms with Crippen LogP contribution in [0.25, 0.3) is 22.9 Å². The van der Waals surface area contributed by atoms with Crippen molar-refractivity contribution in [1.29, 1.82) is 5.41 Å². The van der Waals surface area contributed by atoms with Gasteiger partial charge in [0, 0.05) is 29.0 Å². The number of rotatable bonds is 4. The number of benzene rings is 2. The Hall–Kier alpha value is -3.62. The monoisotopic (exact) mass is 419 g/mol. The highest BCUT2D eigenvalue weighted by Crippen LogP contribution is 2.30. The van der Waals surface area contributed by atoms with E-state index in [1.165, 1.54) is 25.1 Å². The first-order valence-electron chi connectivity index (χ1n) is 8.56. The number of hydrogen-bond acceptors (Lipinski definition) is 3. The van der Waals surface area contributed by atoms with Crippen LogP contribution in [0.15, 0.2) is 53.3 Å². The van der Waals surface area contributed by atoms with Crippen molar-refractivity contribution < 1.29 is 22.0 Å². The smallest absolute Gasteiger partial charge is 0.307 e. The lowest BCUT2D eigenvalue weighted by Crippen LogP contribution is -2.10. The number of alkyl halides is 3. The Morgan fingerprint density at radius 1 is 1.07 bits per heavy atom. The van der Waals surface area contributed by atoms with E-state index in [1.807, 2.05) is 0 Å². The van der Waals surface area contributed by atoms with Gasteiger partial charge in [0.15, 0.2) is 0 Å². The quantitative estimate of drug-likeness (QED) is 0.444. The summed E-state index contributed by atoms with van der Waals surface area (Å²) in [6.45, 7) is 1.42. The Morgan fingerprint density at radius 3 is 2.30 bits per heavy atom. The molecule has 0 saturated heterocycles. The maximum absolute atomic E-state index is 14.1. The van der Waals surface area contributed by atoms with Crippen molar-refractivity contribution in [2.24, 2.45) is 0 Å². The fourth-order valence-corrected chi connectivity index (χ4v) is 2.76. The normalized spacial score (nSPS) is 12.1. The molecule has 0 aliphatic rings. The summed E-state index contributed by atoms with van der Waals surface area (Å²) in [5.74, 6) is -1.73. The van der Waals surface area contributed by atoms with Gasteiger partial charge in [0.1, 0.15) is 17.5 Å². The summed E-state index contributed by atoms with van der Waals surface area (Å²) in [5, 5.41) is 7.93. The molecule has 0 bridgehead atoms. The van der Waals surface area contributed by atoms with Crippen molar-refractivity contribution in [3.8, 4) is 11.3 Å². The van der Waals surface area contributed by atoms with Gasteiger partial charge in [0.2, 0.25) is 0 Å². The van der Waals surface area contributed by atoms with Crippen LogP contribution in [-0.2, 0) is 6.18 Å². The molecule has 1 heterocycles. The Bertz CT molecular complexity index is 1190. The van der Waals surface area contributed by atoms with Gasteiger partial charge in [0.25, 0.3) is 5.56 Å². The third-order valence-corrected chi connectivity index (χ3v) is 4.18. The number of halogens is 5. The van der Waals surface area contributed by atoms with Crippen molar-refractivity contribution in [3.63, 3.8) is 0 Å². The number of aromatic nitrogens is 2. The van der Waals surface area contributed by atoms with E-state index in [2.05, 4.69) is 9.97 Å². The highest BCUT2D eigenvalue weighted by atomic mass is 19.4. The molecule has 0 spiro atoms. The van der Waals surface area contributed by atoms with Gasteiger partial charge in [-0.2, -0.15) is 13.2 Å². The number of nitrogens with one attached hydrogen (secondary N) is 2. The van der Waals surface area contributed by atoms with Crippen LogP contribution in [0.1, 0.15) is 23.9 Å². The Kier molecular flexibility index (Phi) is 5.64. The number of aromatic amines is 1. The molecule has 2 N–H and O–H groups in total. The van der Waals surface area contributed by atoms with E-state index in [9.17, 15) is 26.7 Å². The third kappa shape index (κ3) is 4.68. The third-order valence-electron chi connectivity index (χ3n) is 4.18. The first-order valence-corrected chi connectivity index (χ1v) is 8.56. The molecule has 0 aliphatic heterocycles. The standard InChI is InChI=1S/C21H14F5N3O/c1-11(27)16(12-2-4-13(5-3-12)21(24,25)26)9-19-28-18(10-20(30)29-19)15-7-6-14(22)8-17(15)23/h2-10,27H,1H3,(H,28,29,30). The molecule has 3 rings (SSSR count). The zero-order valence-electron chi connectivity index (χ0n) is 15.4. The maximum atomic E-state index is 14.1. The Labute approximate surface area is 167 Å². The molecule has 1 aromatic heterocycles. The average molecular weight is 419 g/mol. The van der Waals surface area contributed by atoms with Gasteiger partial charge in [-0.1, -0.05) is 12.1 Å². The summed E-state index contributed by atoms with van der Waals surface area (Å²) in [4.78, 5) is 18.6. The number of nitrogens with zero attached hydrogens (tertiary/aromatic N) is 1. The molecule has 0 fully saturated rings. The highest BCUT2D eigenvalue weighted by Gasteiger charge is 2.30. The first kappa shape index (κ1) is 21.1. The van der Waals surface area contributed by atoms with Crippen LogP contribution in [0, 0.1) is 17.0 Å². The number of hydrogen-bond donors (Lipinski definition) is 2. The number of allylic oxidation sites excluding steroid dienone is 1. The molecular formula is C21H14F5N3O. The first-order chi connectivity index (χ1) is 14.0. The Morgan fingerprint density at radius 2 is 1.73 bits per heavy atom. The summed E-state index contributed by atoms with van der Waals surface area (Å²) in [5.41, 5.74) is -1.09. The molecular weight excluding hydrogens is 405 g/mol. The zero-order chi connectivity index (χ0) is 22.1. The lowest BCUT2D eigenvalue weighted by molar-refractivity contribution is -0.137. The van der Waals surface area contributed by atoms with Gasteiger partial charge < -0.3 is 10.4 Å². The van der Waals surface area contributed by atoms with Crippen molar-refractivity contribution >= 4 is 17.4 Å². The zero-order valence-corrected chi connectivity index (χ0v) is 15.4. The second-order valence-electron chi connectivity index (χ2n) is 6.40. The van der Waals surface area contributed by atoms with E-state index in [0.29, 0.717) is 11.6 Å². The molecule has 9 heteroatoms. The van der Waals surface area contributed by atoms with Crippen molar-refractivity contribution in [3.05, 3.63) is 87.5 Å². The minimum absolute atomic E-state index is 0.00998. The van der Waals surface area contributed by atoms with Crippen LogP contribution in [0.3, 0.4) is 0 Å². The second kappa shape index (κ2) is 8.02. The topological polar surface area (TPSA) is 69.6 Å². The molecule has 0 radical (unpaired) electrons. The summed E-state index contributed by atoms with van der Waals surface area (Å²) >= 11 is 0. The largest absolute Gasteiger partial charge is 0.416 e. The van der Waals surface area contributed by atoms with Crippen LogP contribution in [0.5, 0.6) is 0 Å². The number of H-pyrrole nitrogens is 1. The maximum Gasteiger partial charge on any atom is 0.416 e. The van der Waals surface area contributed by atoms with Gasteiger partial charge in [-0.3, -0.25) is 4.79 Å². The van der Waals surface area contributed by atoms with Crippen LogP contribution >= 0.6 is 0 Å². The Balaban J connectivity index is 2.08. The molecule has 0 atom stereocenters. The van der Waals surface area contributed by atoms with Gasteiger partial charge in [-0.25, -0.2) is 13.8 Å². The predicted molar refractivity (Wildman–Crippen MR) is 103 cm³/mol. The van der Waals surface area contributed by atoms with Gasteiger partial charge in [-0.15, -0.1) is 0 Å². The molecule has 0 aliphatic carbocycles. The van der Waals surface area contributed by atoms with E-state index in [1.54, 1.807) is 0 Å². The van der Waals surface area contributed by atoms with Gasteiger partial charge in [0.05, 0.1) is 11.3 Å². The molecule has 154 valence electrons. The molecule has 4 nitrogen and oxygen atoms in total. The molecule has 0 unspecified atom stereocenters. The van der Waals surface area contributed by atoms with Crippen molar-refractivity contribution in [2.45, 2.75) is 13.1 Å². The predicted octanol–water partition coefficient (Wildman–Crippen LogP) is 5.31. The van der Waals surface area contributed by atoms with Crippen LogP contribution < -0.4 is 5.56 Å². The summed E-state index contributed by atoms with van der Waals surface area (Å²) < 4.78 is 65.5. The van der Waals surface area contributed by atoms with Gasteiger partial charge >= 0.3 is 6.18 Å². The molecule has 0 saturated carbocycles. The molecule has 2 aromatic carbocycles. The average Bonchev–Trinajstić information content (AvgIpc) is 2.65. The molecule has 30 heavy (non-hydrogen) atoms. The van der Waals surface area contributed by atoms with E-state index in [4.69, 9.17) is 5.41 Å². The van der Waals surface area contributed by atoms with Crippen LogP contribution in [0.2, 0.25) is 0 Å². The van der Waals surface area contributed by atoms with E-state index in [-0.39, 0.29) is 28.4 Å². The van der Waals surface area contributed by atoms with Crippen molar-refractivity contribution in [2.75, 3.05) is 0 Å². The van der Waals surface area contributed by atoms with E-state index in [0.717, 1.165) is 30.3 Å². The summed E-state index contributed by atoms with van der Waals surface area (Å²) in [6, 6.07) is 8.01. The highest BCUT2D eigenvalue weighted by molar-refractivity contribution is 6.25. The minimum atomic E-state index is -4.50. The lowest BCUT2D eigenvalue weighted by atomic mass is 10.00. The lowest BCUT2D eigenvalue weighted by Gasteiger charge is -2.10. The summed E-state index contributed by atoms with van der Waals surface area (Å²) in [7, 11) is 0. The second-order valence-corrected chi connectivity index (χ2v) is 6.40.